The largest absolute Gasteiger partial charge is 0.377 e. The third kappa shape index (κ3) is 7.75. The van der Waals surface area contributed by atoms with E-state index in [2.05, 4.69) is 10.0 Å². The van der Waals surface area contributed by atoms with E-state index in [0.717, 1.165) is 25.7 Å². The van der Waals surface area contributed by atoms with Crippen molar-refractivity contribution < 1.29 is 17.9 Å². The van der Waals surface area contributed by atoms with Crippen LogP contribution in [-0.4, -0.2) is 51.9 Å². The molecule has 1 amide bonds. The second-order valence-corrected chi connectivity index (χ2v) is 7.27. The summed E-state index contributed by atoms with van der Waals surface area (Å²) in [7, 11) is -3.40. The third-order valence-corrected chi connectivity index (χ3v) is 4.76. The van der Waals surface area contributed by atoms with Crippen LogP contribution in [0.1, 0.15) is 39.0 Å². The Kier molecular flexibility index (Phi) is 8.16. The van der Waals surface area contributed by atoms with Crippen molar-refractivity contribution in [2.24, 2.45) is 5.73 Å². The number of nitrogens with two attached hydrogens (primary N) is 1. The molecule has 2 atom stereocenters. The Labute approximate surface area is 127 Å². The predicted octanol–water partition coefficient (Wildman–Crippen LogP) is -0.281. The van der Waals surface area contributed by atoms with Crippen LogP contribution in [0, 0.1) is 0 Å². The van der Waals surface area contributed by atoms with Gasteiger partial charge in [-0.25, -0.2) is 13.1 Å². The first kappa shape index (κ1) is 18.3. The maximum Gasteiger partial charge on any atom is 0.236 e. The number of nitrogens with one attached hydrogen (secondary N) is 2. The lowest BCUT2D eigenvalue weighted by molar-refractivity contribution is -0.122. The van der Waals surface area contributed by atoms with Crippen molar-refractivity contribution in [3.05, 3.63) is 0 Å². The van der Waals surface area contributed by atoms with E-state index in [1.54, 1.807) is 0 Å². The number of ether oxygens (including phenoxy) is 1. The lowest BCUT2D eigenvalue weighted by atomic mass is 10.1. The first-order valence-electron chi connectivity index (χ1n) is 7.57. The van der Waals surface area contributed by atoms with E-state index in [9.17, 15) is 13.2 Å². The zero-order valence-electron chi connectivity index (χ0n) is 12.6. The molecule has 8 heteroatoms. The monoisotopic (exact) mass is 321 g/mol. The molecule has 1 aliphatic rings. The van der Waals surface area contributed by atoms with Crippen molar-refractivity contribution in [1.29, 1.82) is 0 Å². The summed E-state index contributed by atoms with van der Waals surface area (Å²) in [6.07, 6.45) is 4.35. The van der Waals surface area contributed by atoms with Gasteiger partial charge in [-0.15, -0.1) is 0 Å². The van der Waals surface area contributed by atoms with Gasteiger partial charge in [-0.2, -0.15) is 0 Å². The van der Waals surface area contributed by atoms with Crippen molar-refractivity contribution in [2.75, 3.05) is 25.4 Å². The minimum Gasteiger partial charge on any atom is -0.377 e. The van der Waals surface area contributed by atoms with Crippen molar-refractivity contribution in [3.8, 4) is 0 Å². The Balaban J connectivity index is 2.21. The molecule has 0 aromatic rings. The van der Waals surface area contributed by atoms with Crippen LogP contribution in [0.5, 0.6) is 0 Å². The third-order valence-electron chi connectivity index (χ3n) is 3.41. The summed E-state index contributed by atoms with van der Waals surface area (Å²) in [5, 5.41) is 2.55. The molecule has 0 saturated carbocycles. The Bertz CT molecular complexity index is 408. The van der Waals surface area contributed by atoms with Gasteiger partial charge in [-0.3, -0.25) is 4.79 Å². The quantitative estimate of drug-likeness (QED) is 0.541. The van der Waals surface area contributed by atoms with Gasteiger partial charge >= 0.3 is 0 Å². The fourth-order valence-corrected chi connectivity index (χ4v) is 3.10. The van der Waals surface area contributed by atoms with E-state index in [-0.39, 0.29) is 24.3 Å². The van der Waals surface area contributed by atoms with Crippen molar-refractivity contribution in [1.82, 2.24) is 10.0 Å². The van der Waals surface area contributed by atoms with Crippen LogP contribution < -0.4 is 15.8 Å². The van der Waals surface area contributed by atoms with Gasteiger partial charge < -0.3 is 15.8 Å². The Morgan fingerprint density at radius 1 is 1.43 bits per heavy atom. The minimum absolute atomic E-state index is 0.0407. The van der Waals surface area contributed by atoms with Gasteiger partial charge in [-0.05, 0) is 25.7 Å². The SMILES string of the molecule is CCCC(N)C(=O)NCCS(=O)(=O)NCC1CCCCO1. The van der Waals surface area contributed by atoms with Gasteiger partial charge in [-0.1, -0.05) is 13.3 Å². The zero-order chi connectivity index (χ0) is 15.7. The fourth-order valence-electron chi connectivity index (χ4n) is 2.14. The molecular formula is C13H27N3O4S. The zero-order valence-corrected chi connectivity index (χ0v) is 13.5. The average molecular weight is 321 g/mol. The maximum atomic E-state index is 11.8. The molecule has 0 spiro atoms. The molecule has 1 heterocycles. The summed E-state index contributed by atoms with van der Waals surface area (Å²) in [5.74, 6) is -0.452. The molecule has 0 bridgehead atoms. The molecule has 7 nitrogen and oxygen atoms in total. The number of rotatable bonds is 9. The second-order valence-electron chi connectivity index (χ2n) is 5.34. The van der Waals surface area contributed by atoms with E-state index in [1.165, 1.54) is 0 Å². The number of hydrogen-bond acceptors (Lipinski definition) is 5. The van der Waals surface area contributed by atoms with E-state index in [0.29, 0.717) is 19.6 Å². The van der Waals surface area contributed by atoms with Gasteiger partial charge in [0.2, 0.25) is 15.9 Å². The fraction of sp³-hybridized carbons (Fsp3) is 0.923. The molecule has 1 rings (SSSR count). The maximum absolute atomic E-state index is 11.8. The molecule has 0 aliphatic carbocycles. The average Bonchev–Trinajstić information content (AvgIpc) is 2.46. The van der Waals surface area contributed by atoms with Crippen molar-refractivity contribution in [3.63, 3.8) is 0 Å². The van der Waals surface area contributed by atoms with Crippen LogP contribution in [-0.2, 0) is 19.6 Å². The topological polar surface area (TPSA) is 111 Å². The number of hydrogen-bond donors (Lipinski definition) is 3. The highest BCUT2D eigenvalue weighted by Gasteiger charge is 2.18. The molecule has 0 radical (unpaired) electrons. The molecular weight excluding hydrogens is 294 g/mol. The molecule has 124 valence electrons. The standard InChI is InChI=1S/C13H27N3O4S/c1-2-5-12(14)13(17)15-7-9-21(18,19)16-10-11-6-3-4-8-20-11/h11-12,16H,2-10,14H2,1H3,(H,15,17). The number of sulfonamides is 1. The van der Waals surface area contributed by atoms with Crippen molar-refractivity contribution in [2.45, 2.75) is 51.2 Å². The highest BCUT2D eigenvalue weighted by atomic mass is 32.2. The molecule has 1 saturated heterocycles. The predicted molar refractivity (Wildman–Crippen MR) is 81.3 cm³/mol. The molecule has 2 unspecified atom stereocenters. The summed E-state index contributed by atoms with van der Waals surface area (Å²) in [5.41, 5.74) is 5.64. The molecule has 21 heavy (non-hydrogen) atoms. The van der Waals surface area contributed by atoms with Gasteiger partial charge in [0, 0.05) is 19.7 Å². The van der Waals surface area contributed by atoms with Crippen molar-refractivity contribution >= 4 is 15.9 Å². The van der Waals surface area contributed by atoms with Crippen LogP contribution in [0.15, 0.2) is 0 Å². The molecule has 0 aromatic carbocycles. The van der Waals surface area contributed by atoms with Crippen LogP contribution in [0.4, 0.5) is 0 Å². The summed E-state index contributed by atoms with van der Waals surface area (Å²) >= 11 is 0. The van der Waals surface area contributed by atoms with Gasteiger partial charge in [0.05, 0.1) is 17.9 Å². The normalized spacial score (nSPS) is 21.0. The minimum atomic E-state index is -3.40. The lowest BCUT2D eigenvalue weighted by Crippen LogP contribution is -2.44. The second kappa shape index (κ2) is 9.34. The van der Waals surface area contributed by atoms with E-state index in [4.69, 9.17) is 10.5 Å². The Morgan fingerprint density at radius 2 is 2.19 bits per heavy atom. The summed E-state index contributed by atoms with van der Waals surface area (Å²) < 4.78 is 31.6. The van der Waals surface area contributed by atoms with Crippen LogP contribution in [0.3, 0.4) is 0 Å². The molecule has 0 aromatic heterocycles. The molecule has 1 aliphatic heterocycles. The van der Waals surface area contributed by atoms with Crippen LogP contribution in [0.25, 0.3) is 0 Å². The van der Waals surface area contributed by atoms with Gasteiger partial charge in [0.25, 0.3) is 0 Å². The van der Waals surface area contributed by atoms with E-state index in [1.807, 2.05) is 6.92 Å². The van der Waals surface area contributed by atoms with E-state index < -0.39 is 16.1 Å². The van der Waals surface area contributed by atoms with Gasteiger partial charge in [0.1, 0.15) is 0 Å². The summed E-state index contributed by atoms with van der Waals surface area (Å²) in [4.78, 5) is 11.6. The number of amides is 1. The van der Waals surface area contributed by atoms with Gasteiger partial charge in [0.15, 0.2) is 0 Å². The highest BCUT2D eigenvalue weighted by Crippen LogP contribution is 2.11. The lowest BCUT2D eigenvalue weighted by Gasteiger charge is -2.22. The number of carbonyl (C=O) groups excluding carboxylic acids is 1. The van der Waals surface area contributed by atoms with E-state index >= 15 is 0 Å². The highest BCUT2D eigenvalue weighted by molar-refractivity contribution is 7.89. The summed E-state index contributed by atoms with van der Waals surface area (Å²) in [6, 6.07) is -0.568. The first-order valence-corrected chi connectivity index (χ1v) is 9.22. The van der Waals surface area contributed by atoms with Crippen LogP contribution in [0.2, 0.25) is 0 Å². The smallest absolute Gasteiger partial charge is 0.236 e. The number of carbonyl (C=O) groups is 1. The summed E-state index contributed by atoms with van der Waals surface area (Å²) in [6.45, 7) is 3.00. The molecule has 4 N–H and O–H groups in total. The first-order chi connectivity index (χ1) is 9.94. The Morgan fingerprint density at radius 3 is 2.81 bits per heavy atom. The van der Waals surface area contributed by atoms with Crippen LogP contribution >= 0.6 is 0 Å². The Hall–Kier alpha value is -0.700. The molecule has 1 fully saturated rings.